The van der Waals surface area contributed by atoms with Gasteiger partial charge in [-0.25, -0.2) is 4.98 Å². The number of fused-ring (bicyclic) bond motifs is 1. The summed E-state index contributed by atoms with van der Waals surface area (Å²) in [6.07, 6.45) is 8.13. The fraction of sp³-hybridized carbons (Fsp3) is 0. The third kappa shape index (κ3) is 1.29. The molecule has 3 aromatic rings. The molecule has 0 saturated carbocycles. The normalized spacial score (nSPS) is 10.7. The highest BCUT2D eigenvalue weighted by atomic mass is 15.0. The molecule has 3 heteroatoms. The number of rotatable bonds is 1. The quantitative estimate of drug-likeness (QED) is 0.594. The molecule has 0 unspecified atom stereocenters. The zero-order chi connectivity index (χ0) is 10.1. The maximum absolute atomic E-state index is 4.31. The maximum atomic E-state index is 4.31. The van der Waals surface area contributed by atoms with Crippen molar-refractivity contribution in [1.82, 2.24) is 14.5 Å². The molecular formula is C12H8N3. The molecule has 0 N–H and O–H groups in total. The van der Waals surface area contributed by atoms with Crippen molar-refractivity contribution in [3.05, 3.63) is 55.2 Å². The third-order valence-corrected chi connectivity index (χ3v) is 2.35. The van der Waals surface area contributed by atoms with Crippen LogP contribution in [0.4, 0.5) is 0 Å². The van der Waals surface area contributed by atoms with E-state index in [1.54, 1.807) is 12.5 Å². The Morgan fingerprint density at radius 3 is 3.00 bits per heavy atom. The van der Waals surface area contributed by atoms with Gasteiger partial charge in [-0.15, -0.1) is 0 Å². The largest absolute Gasteiger partial charge is 0.305 e. The average Bonchev–Trinajstić information content (AvgIpc) is 2.82. The number of hydrogen-bond acceptors (Lipinski definition) is 2. The van der Waals surface area contributed by atoms with E-state index in [9.17, 15) is 0 Å². The summed E-state index contributed by atoms with van der Waals surface area (Å²) < 4.78 is 1.93. The first-order valence-corrected chi connectivity index (χ1v) is 4.69. The van der Waals surface area contributed by atoms with Crippen LogP contribution in [0.25, 0.3) is 16.6 Å². The molecule has 0 aliphatic carbocycles. The van der Waals surface area contributed by atoms with Crippen LogP contribution in [0, 0.1) is 6.20 Å². The van der Waals surface area contributed by atoms with Crippen LogP contribution in [0.1, 0.15) is 0 Å². The number of aromatic nitrogens is 3. The van der Waals surface area contributed by atoms with Crippen LogP contribution in [0.5, 0.6) is 0 Å². The first-order chi connectivity index (χ1) is 7.45. The van der Waals surface area contributed by atoms with E-state index in [4.69, 9.17) is 0 Å². The number of pyridine rings is 1. The zero-order valence-corrected chi connectivity index (χ0v) is 7.96. The molecule has 71 valence electrons. The summed E-state index contributed by atoms with van der Waals surface area (Å²) in [6.45, 7) is 0. The minimum absolute atomic E-state index is 0.990. The lowest BCUT2D eigenvalue weighted by Gasteiger charge is -2.05. The van der Waals surface area contributed by atoms with E-state index in [-0.39, 0.29) is 0 Å². The van der Waals surface area contributed by atoms with E-state index in [1.807, 2.05) is 35.0 Å². The van der Waals surface area contributed by atoms with Crippen molar-refractivity contribution in [3.63, 3.8) is 0 Å². The average molecular weight is 194 g/mol. The molecule has 2 aromatic heterocycles. The lowest BCUT2D eigenvalue weighted by atomic mass is 10.2. The van der Waals surface area contributed by atoms with Gasteiger partial charge in [-0.1, -0.05) is 6.07 Å². The van der Waals surface area contributed by atoms with E-state index in [2.05, 4.69) is 22.2 Å². The maximum Gasteiger partial charge on any atom is 0.109 e. The molecule has 0 atom stereocenters. The van der Waals surface area contributed by atoms with Crippen LogP contribution in [-0.4, -0.2) is 14.5 Å². The van der Waals surface area contributed by atoms with Crippen molar-refractivity contribution in [2.24, 2.45) is 0 Å². The van der Waals surface area contributed by atoms with Gasteiger partial charge in [0.05, 0.1) is 17.5 Å². The van der Waals surface area contributed by atoms with E-state index in [0.717, 1.165) is 16.6 Å². The lowest BCUT2D eigenvalue weighted by Crippen LogP contribution is -1.91. The molecule has 3 nitrogen and oxygen atoms in total. The Morgan fingerprint density at radius 1 is 1.13 bits per heavy atom. The van der Waals surface area contributed by atoms with Crippen molar-refractivity contribution in [2.45, 2.75) is 0 Å². The second-order valence-corrected chi connectivity index (χ2v) is 3.26. The molecule has 0 fully saturated rings. The molecule has 3 rings (SSSR count). The Morgan fingerprint density at radius 2 is 2.13 bits per heavy atom. The Labute approximate surface area is 87.0 Å². The van der Waals surface area contributed by atoms with Gasteiger partial charge in [0.25, 0.3) is 0 Å². The summed E-state index contributed by atoms with van der Waals surface area (Å²) in [5, 5.41) is 1.12. The fourth-order valence-electron chi connectivity index (χ4n) is 1.67. The van der Waals surface area contributed by atoms with Gasteiger partial charge in [0.1, 0.15) is 6.20 Å². The molecule has 0 aliphatic heterocycles. The predicted molar refractivity (Wildman–Crippen MR) is 57.7 cm³/mol. The fourth-order valence-corrected chi connectivity index (χ4v) is 1.67. The third-order valence-electron chi connectivity index (χ3n) is 2.35. The Kier molecular flexibility index (Phi) is 1.75. The molecular weight excluding hydrogens is 186 g/mol. The van der Waals surface area contributed by atoms with Crippen LogP contribution < -0.4 is 0 Å². The van der Waals surface area contributed by atoms with E-state index in [1.165, 1.54) is 0 Å². The molecule has 1 aromatic carbocycles. The highest BCUT2D eigenvalue weighted by Crippen LogP contribution is 2.19. The standard InChI is InChI=1S/C12H8N3/c1-4-11-10(3-2-6-14-11)12(5-1)15-8-7-13-9-15/h1-6,8-9H. The van der Waals surface area contributed by atoms with Crippen molar-refractivity contribution in [3.8, 4) is 5.69 Å². The van der Waals surface area contributed by atoms with Gasteiger partial charge in [-0.2, -0.15) is 0 Å². The molecule has 15 heavy (non-hydrogen) atoms. The highest BCUT2D eigenvalue weighted by molar-refractivity contribution is 5.86. The number of nitrogens with zero attached hydrogens (tertiary/aromatic N) is 3. The predicted octanol–water partition coefficient (Wildman–Crippen LogP) is 2.22. The van der Waals surface area contributed by atoms with Crippen LogP contribution in [0.3, 0.4) is 0 Å². The first kappa shape index (κ1) is 8.17. The Balaban J connectivity index is 2.36. The smallest absolute Gasteiger partial charge is 0.109 e. The first-order valence-electron chi connectivity index (χ1n) is 4.69. The van der Waals surface area contributed by atoms with Gasteiger partial charge in [0, 0.05) is 17.8 Å². The van der Waals surface area contributed by atoms with Crippen LogP contribution in [0.2, 0.25) is 0 Å². The molecule has 0 spiro atoms. The monoisotopic (exact) mass is 194 g/mol. The Bertz CT molecular complexity index is 579. The lowest BCUT2D eigenvalue weighted by molar-refractivity contribution is 1.07. The number of imidazole rings is 1. The summed E-state index contributed by atoms with van der Waals surface area (Å²) in [4.78, 5) is 8.23. The minimum atomic E-state index is 0.990. The van der Waals surface area contributed by atoms with Gasteiger partial charge in [-0.05, 0) is 24.3 Å². The molecule has 0 saturated heterocycles. The van der Waals surface area contributed by atoms with E-state index in [0.29, 0.717) is 0 Å². The van der Waals surface area contributed by atoms with Gasteiger partial charge < -0.3 is 4.57 Å². The summed E-state index contributed by atoms with van der Waals surface area (Å²) in [6, 6.07) is 10.0. The Hall–Kier alpha value is -2.16. The van der Waals surface area contributed by atoms with Crippen LogP contribution in [0.15, 0.2) is 49.1 Å². The van der Waals surface area contributed by atoms with Gasteiger partial charge >= 0.3 is 0 Å². The molecule has 0 amide bonds. The van der Waals surface area contributed by atoms with Crippen molar-refractivity contribution in [1.29, 1.82) is 0 Å². The summed E-state index contributed by atoms with van der Waals surface area (Å²) in [5.41, 5.74) is 2.07. The van der Waals surface area contributed by atoms with Gasteiger partial charge in [0.15, 0.2) is 0 Å². The summed E-state index contributed by atoms with van der Waals surface area (Å²) >= 11 is 0. The molecule has 0 aliphatic rings. The molecule has 2 heterocycles. The zero-order valence-electron chi connectivity index (χ0n) is 7.96. The number of benzene rings is 1. The van der Waals surface area contributed by atoms with E-state index < -0.39 is 0 Å². The second kappa shape index (κ2) is 3.20. The minimum Gasteiger partial charge on any atom is -0.305 e. The summed E-state index contributed by atoms with van der Waals surface area (Å²) in [7, 11) is 0. The topological polar surface area (TPSA) is 30.7 Å². The van der Waals surface area contributed by atoms with Gasteiger partial charge in [0.2, 0.25) is 0 Å². The molecule has 1 radical (unpaired) electrons. The van der Waals surface area contributed by atoms with Crippen molar-refractivity contribution in [2.75, 3.05) is 0 Å². The second-order valence-electron chi connectivity index (χ2n) is 3.26. The number of hydrogen-bond donors (Lipinski definition) is 0. The van der Waals surface area contributed by atoms with Crippen molar-refractivity contribution >= 4 is 10.9 Å². The summed E-state index contributed by atoms with van der Waals surface area (Å²) in [5.74, 6) is 0. The molecule has 0 bridgehead atoms. The van der Waals surface area contributed by atoms with Crippen LogP contribution in [-0.2, 0) is 0 Å². The highest BCUT2D eigenvalue weighted by Gasteiger charge is 2.01. The van der Waals surface area contributed by atoms with Gasteiger partial charge in [-0.3, -0.25) is 4.98 Å². The van der Waals surface area contributed by atoms with Crippen molar-refractivity contribution < 1.29 is 0 Å². The van der Waals surface area contributed by atoms with E-state index >= 15 is 0 Å². The van der Waals surface area contributed by atoms with Crippen LogP contribution >= 0.6 is 0 Å². The SMILES string of the molecule is [c]1cn(-c2cccc3ncccc23)cn1.